The van der Waals surface area contributed by atoms with Crippen molar-refractivity contribution in [3.8, 4) is 11.8 Å². The lowest BCUT2D eigenvalue weighted by atomic mass is 10.0. The summed E-state index contributed by atoms with van der Waals surface area (Å²) in [7, 11) is 1.72. The number of halogens is 1. The molecule has 0 aliphatic heterocycles. The lowest BCUT2D eigenvalue weighted by Gasteiger charge is -2.25. The molecule has 1 aromatic carbocycles. The quantitative estimate of drug-likeness (QED) is 0.847. The molecule has 1 atom stereocenters. The zero-order chi connectivity index (χ0) is 15.8. The third-order valence-corrected chi connectivity index (χ3v) is 3.36. The van der Waals surface area contributed by atoms with Crippen molar-refractivity contribution in [2.45, 2.75) is 39.2 Å². The van der Waals surface area contributed by atoms with E-state index in [-0.39, 0.29) is 24.1 Å². The fourth-order valence-corrected chi connectivity index (χ4v) is 2.02. The minimum absolute atomic E-state index is 0.0368. The number of aliphatic hydroxyl groups excluding tert-OH is 1. The van der Waals surface area contributed by atoms with E-state index in [0.29, 0.717) is 12.0 Å². The molecule has 0 bridgehead atoms. The molecule has 0 aliphatic rings. The van der Waals surface area contributed by atoms with Crippen LogP contribution in [0.25, 0.3) is 0 Å². The van der Waals surface area contributed by atoms with Crippen LogP contribution in [-0.4, -0.2) is 35.6 Å². The Balaban J connectivity index is 3.07. The van der Waals surface area contributed by atoms with Crippen LogP contribution < -0.4 is 0 Å². The highest BCUT2D eigenvalue weighted by Gasteiger charge is 2.19. The summed E-state index contributed by atoms with van der Waals surface area (Å²) in [6, 6.07) is 4.10. The van der Waals surface area contributed by atoms with Gasteiger partial charge in [-0.1, -0.05) is 25.2 Å². The molecule has 0 aromatic heterocycles. The van der Waals surface area contributed by atoms with Crippen LogP contribution in [0.2, 0.25) is 0 Å². The number of benzene rings is 1. The van der Waals surface area contributed by atoms with Gasteiger partial charge in [-0.05, 0) is 31.5 Å². The standard InChI is InChI=1S/C17H22FNO2/c1-4-7-13(2)19(3)17(21)16-12-15(18)10-9-14(16)8-5-6-11-20/h9-10,12-13,20H,4,6-7,11H2,1-3H3. The molecule has 0 heterocycles. The summed E-state index contributed by atoms with van der Waals surface area (Å²) in [4.78, 5) is 14.1. The molecule has 1 aromatic rings. The van der Waals surface area contributed by atoms with Gasteiger partial charge >= 0.3 is 0 Å². The average molecular weight is 291 g/mol. The molecule has 1 rings (SSSR count). The molecule has 0 saturated carbocycles. The predicted molar refractivity (Wildman–Crippen MR) is 81.4 cm³/mol. The largest absolute Gasteiger partial charge is 0.395 e. The maximum atomic E-state index is 13.4. The number of aliphatic hydroxyl groups is 1. The third-order valence-electron chi connectivity index (χ3n) is 3.36. The molecule has 1 unspecified atom stereocenters. The Bertz CT molecular complexity index is 545. The molecule has 21 heavy (non-hydrogen) atoms. The second kappa shape index (κ2) is 8.43. The van der Waals surface area contributed by atoms with Gasteiger partial charge in [0, 0.05) is 25.1 Å². The van der Waals surface area contributed by atoms with Gasteiger partial charge in [-0.25, -0.2) is 4.39 Å². The number of nitrogens with zero attached hydrogens (tertiary/aromatic N) is 1. The third kappa shape index (κ3) is 4.87. The Kier molecular flexibility index (Phi) is 6.90. The van der Waals surface area contributed by atoms with Gasteiger partial charge in [-0.2, -0.15) is 0 Å². The van der Waals surface area contributed by atoms with Crippen LogP contribution in [0, 0.1) is 17.7 Å². The molecule has 1 N–H and O–H groups in total. The van der Waals surface area contributed by atoms with Crippen LogP contribution in [0.15, 0.2) is 18.2 Å². The topological polar surface area (TPSA) is 40.5 Å². The Hall–Kier alpha value is -1.86. The van der Waals surface area contributed by atoms with E-state index in [4.69, 9.17) is 5.11 Å². The fraction of sp³-hybridized carbons (Fsp3) is 0.471. The molecule has 0 saturated heterocycles. The molecule has 0 aliphatic carbocycles. The summed E-state index contributed by atoms with van der Waals surface area (Å²) in [6.45, 7) is 3.99. The van der Waals surface area contributed by atoms with E-state index in [1.807, 2.05) is 6.92 Å². The van der Waals surface area contributed by atoms with E-state index >= 15 is 0 Å². The normalized spacial score (nSPS) is 11.5. The molecule has 114 valence electrons. The molecule has 1 amide bonds. The van der Waals surface area contributed by atoms with Crippen LogP contribution in [0.4, 0.5) is 4.39 Å². The first-order valence-corrected chi connectivity index (χ1v) is 7.17. The molecular weight excluding hydrogens is 269 g/mol. The monoisotopic (exact) mass is 291 g/mol. The summed E-state index contributed by atoms with van der Waals surface area (Å²) in [5, 5.41) is 8.75. The molecule has 0 fully saturated rings. The number of hydrogen-bond donors (Lipinski definition) is 1. The van der Waals surface area contributed by atoms with E-state index in [0.717, 1.165) is 12.8 Å². The van der Waals surface area contributed by atoms with Crippen molar-refractivity contribution in [3.05, 3.63) is 35.1 Å². The maximum Gasteiger partial charge on any atom is 0.255 e. The first-order valence-electron chi connectivity index (χ1n) is 7.17. The zero-order valence-electron chi connectivity index (χ0n) is 12.8. The van der Waals surface area contributed by atoms with Crippen molar-refractivity contribution in [1.82, 2.24) is 4.90 Å². The minimum Gasteiger partial charge on any atom is -0.395 e. The summed E-state index contributed by atoms with van der Waals surface area (Å²) >= 11 is 0. The van der Waals surface area contributed by atoms with Crippen LogP contribution in [0.5, 0.6) is 0 Å². The first kappa shape index (κ1) is 17.2. The van der Waals surface area contributed by atoms with Crippen molar-refractivity contribution in [2.24, 2.45) is 0 Å². The Labute approximate surface area is 125 Å². The van der Waals surface area contributed by atoms with Crippen LogP contribution >= 0.6 is 0 Å². The molecular formula is C17H22FNO2. The SMILES string of the molecule is CCCC(C)N(C)C(=O)c1cc(F)ccc1C#CCCO. The molecule has 4 heteroatoms. The zero-order valence-corrected chi connectivity index (χ0v) is 12.8. The van der Waals surface area contributed by atoms with Crippen LogP contribution in [0.1, 0.15) is 49.0 Å². The number of carbonyl (C=O) groups excluding carboxylic acids is 1. The van der Waals surface area contributed by atoms with Crippen molar-refractivity contribution in [3.63, 3.8) is 0 Å². The highest BCUT2D eigenvalue weighted by atomic mass is 19.1. The van der Waals surface area contributed by atoms with Crippen molar-refractivity contribution in [2.75, 3.05) is 13.7 Å². The number of hydrogen-bond acceptors (Lipinski definition) is 2. The van der Waals surface area contributed by atoms with E-state index in [2.05, 4.69) is 18.8 Å². The van der Waals surface area contributed by atoms with Gasteiger partial charge in [0.2, 0.25) is 0 Å². The van der Waals surface area contributed by atoms with E-state index in [1.165, 1.54) is 18.2 Å². The fourth-order valence-electron chi connectivity index (χ4n) is 2.02. The number of amides is 1. The number of carbonyl (C=O) groups is 1. The summed E-state index contributed by atoms with van der Waals surface area (Å²) < 4.78 is 13.4. The molecule has 0 spiro atoms. The smallest absolute Gasteiger partial charge is 0.255 e. The molecule has 0 radical (unpaired) electrons. The van der Waals surface area contributed by atoms with Gasteiger partial charge in [0.1, 0.15) is 5.82 Å². The first-order chi connectivity index (χ1) is 10.0. The lowest BCUT2D eigenvalue weighted by molar-refractivity contribution is 0.0736. The van der Waals surface area contributed by atoms with Gasteiger partial charge in [0.05, 0.1) is 12.2 Å². The van der Waals surface area contributed by atoms with Gasteiger partial charge in [-0.3, -0.25) is 4.79 Å². The molecule has 3 nitrogen and oxygen atoms in total. The van der Waals surface area contributed by atoms with Crippen molar-refractivity contribution in [1.29, 1.82) is 0 Å². The highest BCUT2D eigenvalue weighted by Crippen LogP contribution is 2.15. The summed E-state index contributed by atoms with van der Waals surface area (Å²) in [5.41, 5.74) is 0.760. The van der Waals surface area contributed by atoms with E-state index in [1.54, 1.807) is 11.9 Å². The van der Waals surface area contributed by atoms with Gasteiger partial charge in [0.15, 0.2) is 0 Å². The second-order valence-corrected chi connectivity index (χ2v) is 5.02. The minimum atomic E-state index is -0.456. The highest BCUT2D eigenvalue weighted by molar-refractivity contribution is 5.96. The average Bonchev–Trinajstić information content (AvgIpc) is 2.47. The summed E-state index contributed by atoms with van der Waals surface area (Å²) in [6.07, 6.45) is 2.20. The van der Waals surface area contributed by atoms with Crippen molar-refractivity contribution < 1.29 is 14.3 Å². The van der Waals surface area contributed by atoms with Crippen molar-refractivity contribution >= 4 is 5.91 Å². The Morgan fingerprint density at radius 2 is 2.19 bits per heavy atom. The Morgan fingerprint density at radius 1 is 1.48 bits per heavy atom. The van der Waals surface area contributed by atoms with Gasteiger partial charge < -0.3 is 10.0 Å². The predicted octanol–water partition coefficient (Wildman–Crippen LogP) is 2.82. The van der Waals surface area contributed by atoms with Crippen LogP contribution in [0.3, 0.4) is 0 Å². The van der Waals surface area contributed by atoms with Gasteiger partial charge in [0.25, 0.3) is 5.91 Å². The maximum absolute atomic E-state index is 13.4. The van der Waals surface area contributed by atoms with E-state index < -0.39 is 5.82 Å². The number of rotatable bonds is 5. The Morgan fingerprint density at radius 3 is 2.81 bits per heavy atom. The lowest BCUT2D eigenvalue weighted by Crippen LogP contribution is -2.35. The van der Waals surface area contributed by atoms with Crippen LogP contribution in [-0.2, 0) is 0 Å². The second-order valence-electron chi connectivity index (χ2n) is 5.02. The summed E-state index contributed by atoms with van der Waals surface area (Å²) in [5.74, 6) is 4.90. The van der Waals surface area contributed by atoms with Gasteiger partial charge in [-0.15, -0.1) is 0 Å². The van der Waals surface area contributed by atoms with E-state index in [9.17, 15) is 9.18 Å².